The van der Waals surface area contributed by atoms with Crippen molar-refractivity contribution < 1.29 is 23.8 Å². The standard InChI is InChI=1S/C40H66N2O5/c1-6-45-35(43)13-10-22-42(30-11-8-7-9-12-30)37(44)41-29-17-19-38(4)28(23-29)14-15-31-32(38)18-20-39(5)33(31)24-34-36(39)27(3)40(47-34)21-16-26(2)25-46-40/h26-34,36H,6-25H2,1-5H3,(H,41,44)/t26-,27-,28+,29+,31+,32-,33-,34-,36-,38-,39-,40+/m0/s1. The molecule has 5 saturated carbocycles. The molecule has 0 aromatic carbocycles. The van der Waals surface area contributed by atoms with Gasteiger partial charge >= 0.3 is 12.0 Å². The molecule has 0 unspecified atom stereocenters. The average molecular weight is 655 g/mol. The number of carbonyl (C=O) groups excluding carboxylic acids is 2. The van der Waals surface area contributed by atoms with Gasteiger partial charge in [0.15, 0.2) is 5.79 Å². The number of hydrogen-bond acceptors (Lipinski definition) is 5. The lowest BCUT2D eigenvalue weighted by atomic mass is 9.44. The van der Waals surface area contributed by atoms with E-state index >= 15 is 0 Å². The SMILES string of the molecule is CCOC(=O)CCCN(C(=O)N[C@@H]1CC[C@@]2(C)[C@H](CC[C@@H]3[C@@H]2CC[C@]2(C)[C@@H]4[C@H](C[C@@H]32)O[C@]2(CC[C@H](C)CO2)[C@H]4C)C1)C1CCCCC1. The Morgan fingerprint density at radius 2 is 1.68 bits per heavy atom. The molecule has 2 aliphatic heterocycles. The second-order valence-electron chi connectivity index (χ2n) is 18.0. The summed E-state index contributed by atoms with van der Waals surface area (Å²) in [7, 11) is 0. The highest BCUT2D eigenvalue weighted by Gasteiger charge is 2.69. The van der Waals surface area contributed by atoms with Gasteiger partial charge in [0.1, 0.15) is 0 Å². The van der Waals surface area contributed by atoms with Crippen molar-refractivity contribution in [3.05, 3.63) is 0 Å². The molecule has 7 nitrogen and oxygen atoms in total. The predicted molar refractivity (Wildman–Crippen MR) is 183 cm³/mol. The molecule has 0 aromatic heterocycles. The van der Waals surface area contributed by atoms with E-state index < -0.39 is 0 Å². The van der Waals surface area contributed by atoms with Gasteiger partial charge in [0.05, 0.1) is 19.3 Å². The smallest absolute Gasteiger partial charge is 0.317 e. The minimum Gasteiger partial charge on any atom is -0.466 e. The summed E-state index contributed by atoms with van der Waals surface area (Å²) >= 11 is 0. The molecule has 7 fully saturated rings. The van der Waals surface area contributed by atoms with E-state index in [1.54, 1.807) is 0 Å². The highest BCUT2D eigenvalue weighted by molar-refractivity contribution is 5.75. The second-order valence-corrected chi connectivity index (χ2v) is 18.0. The van der Waals surface area contributed by atoms with Crippen LogP contribution in [0.4, 0.5) is 4.79 Å². The van der Waals surface area contributed by atoms with Gasteiger partial charge in [-0.3, -0.25) is 4.79 Å². The first-order chi connectivity index (χ1) is 22.6. The van der Waals surface area contributed by atoms with E-state index in [2.05, 4.69) is 37.9 Å². The molecule has 7 rings (SSSR count). The number of nitrogens with zero attached hydrogens (tertiary/aromatic N) is 1. The molecule has 2 amide bonds. The molecule has 47 heavy (non-hydrogen) atoms. The molecular formula is C40H66N2O5. The summed E-state index contributed by atoms with van der Waals surface area (Å²) in [6.07, 6.45) is 19.6. The van der Waals surface area contributed by atoms with Crippen molar-refractivity contribution in [2.45, 2.75) is 168 Å². The Bertz CT molecular complexity index is 1130. The molecule has 1 spiro atoms. The first kappa shape index (κ1) is 34.1. The third-order valence-corrected chi connectivity index (χ3v) is 15.6. The van der Waals surface area contributed by atoms with E-state index in [9.17, 15) is 9.59 Å². The third-order valence-electron chi connectivity index (χ3n) is 15.6. The zero-order valence-corrected chi connectivity index (χ0v) is 30.4. The Morgan fingerprint density at radius 1 is 0.894 bits per heavy atom. The molecule has 12 atom stereocenters. The first-order valence-corrected chi connectivity index (χ1v) is 20.1. The lowest BCUT2D eigenvalue weighted by molar-refractivity contribution is -0.273. The first-order valence-electron chi connectivity index (χ1n) is 20.1. The summed E-state index contributed by atoms with van der Waals surface area (Å²) in [5.41, 5.74) is 0.744. The van der Waals surface area contributed by atoms with E-state index in [-0.39, 0.29) is 23.8 Å². The van der Waals surface area contributed by atoms with Crippen LogP contribution in [0.25, 0.3) is 0 Å². The van der Waals surface area contributed by atoms with Gasteiger partial charge < -0.3 is 24.4 Å². The highest BCUT2D eigenvalue weighted by atomic mass is 16.7. The molecule has 0 radical (unpaired) electrons. The third kappa shape index (κ3) is 6.08. The summed E-state index contributed by atoms with van der Waals surface area (Å²) in [6, 6.07) is 0.668. The van der Waals surface area contributed by atoms with Crippen LogP contribution in [0.1, 0.15) is 144 Å². The number of rotatable bonds is 7. The Labute approximate surface area is 285 Å². The summed E-state index contributed by atoms with van der Waals surface area (Å²) in [5.74, 6) is 4.35. The average Bonchev–Trinajstić information content (AvgIpc) is 3.50. The Balaban J connectivity index is 0.978. The van der Waals surface area contributed by atoms with Crippen LogP contribution >= 0.6 is 0 Å². The second kappa shape index (κ2) is 13.4. The van der Waals surface area contributed by atoms with Crippen LogP contribution in [0, 0.1) is 52.3 Å². The van der Waals surface area contributed by atoms with Crippen molar-refractivity contribution in [2.75, 3.05) is 19.8 Å². The zero-order valence-electron chi connectivity index (χ0n) is 30.4. The number of hydrogen-bond donors (Lipinski definition) is 1. The molecule has 266 valence electrons. The van der Waals surface area contributed by atoms with Crippen LogP contribution in [-0.4, -0.2) is 60.6 Å². The highest BCUT2D eigenvalue weighted by Crippen LogP contribution is 2.71. The van der Waals surface area contributed by atoms with Gasteiger partial charge in [0.2, 0.25) is 0 Å². The van der Waals surface area contributed by atoms with E-state index in [4.69, 9.17) is 14.2 Å². The number of carbonyl (C=O) groups is 2. The molecule has 0 bridgehead atoms. The molecule has 2 heterocycles. The molecule has 7 heteroatoms. The fraction of sp³-hybridized carbons (Fsp3) is 0.950. The lowest BCUT2D eigenvalue weighted by Gasteiger charge is -2.61. The van der Waals surface area contributed by atoms with Crippen molar-refractivity contribution >= 4 is 12.0 Å². The van der Waals surface area contributed by atoms with Crippen LogP contribution in [0.5, 0.6) is 0 Å². The molecule has 0 aromatic rings. The van der Waals surface area contributed by atoms with Gasteiger partial charge in [-0.15, -0.1) is 0 Å². The van der Waals surface area contributed by atoms with Crippen LogP contribution in [0.3, 0.4) is 0 Å². The Hall–Kier alpha value is -1.34. The molecule has 1 N–H and O–H groups in total. The number of esters is 1. The quantitative estimate of drug-likeness (QED) is 0.279. The number of fused-ring (bicyclic) bond motifs is 7. The van der Waals surface area contributed by atoms with E-state index in [1.165, 1.54) is 64.2 Å². The van der Waals surface area contributed by atoms with Crippen LogP contribution in [-0.2, 0) is 19.0 Å². The Kier molecular flexibility index (Phi) is 9.74. The largest absolute Gasteiger partial charge is 0.466 e. The van der Waals surface area contributed by atoms with Crippen LogP contribution in [0.15, 0.2) is 0 Å². The molecule has 2 saturated heterocycles. The summed E-state index contributed by atoms with van der Waals surface area (Å²) in [5, 5.41) is 3.55. The zero-order chi connectivity index (χ0) is 33.0. The van der Waals surface area contributed by atoms with E-state index in [1.807, 2.05) is 6.92 Å². The molecular weight excluding hydrogens is 588 g/mol. The van der Waals surface area contributed by atoms with Crippen molar-refractivity contribution in [3.8, 4) is 0 Å². The minimum atomic E-state index is -0.327. The van der Waals surface area contributed by atoms with Gasteiger partial charge in [0, 0.05) is 37.4 Å². The molecule has 5 aliphatic carbocycles. The van der Waals surface area contributed by atoms with Gasteiger partial charge in [-0.05, 0) is 130 Å². The minimum absolute atomic E-state index is 0.109. The summed E-state index contributed by atoms with van der Waals surface area (Å²) in [4.78, 5) is 28.0. The fourth-order valence-electron chi connectivity index (χ4n) is 13.1. The molecule has 7 aliphatic rings. The maximum Gasteiger partial charge on any atom is 0.317 e. The lowest BCUT2D eigenvalue weighted by Crippen LogP contribution is -2.57. The normalized spacial score (nSPS) is 46.2. The maximum atomic E-state index is 13.9. The number of urea groups is 1. The predicted octanol–water partition coefficient (Wildman–Crippen LogP) is 8.49. The van der Waals surface area contributed by atoms with Crippen LogP contribution in [0.2, 0.25) is 0 Å². The van der Waals surface area contributed by atoms with Crippen LogP contribution < -0.4 is 5.32 Å². The maximum absolute atomic E-state index is 13.9. The topological polar surface area (TPSA) is 77.1 Å². The fourth-order valence-corrected chi connectivity index (χ4v) is 13.1. The van der Waals surface area contributed by atoms with Crippen molar-refractivity contribution in [2.24, 2.45) is 52.3 Å². The number of nitrogens with one attached hydrogen (secondary N) is 1. The Morgan fingerprint density at radius 3 is 2.43 bits per heavy atom. The van der Waals surface area contributed by atoms with Gasteiger partial charge in [-0.25, -0.2) is 4.79 Å². The summed E-state index contributed by atoms with van der Waals surface area (Å²) < 4.78 is 18.7. The monoisotopic (exact) mass is 654 g/mol. The van der Waals surface area contributed by atoms with Crippen molar-refractivity contribution in [1.29, 1.82) is 0 Å². The van der Waals surface area contributed by atoms with Crippen molar-refractivity contribution in [3.63, 3.8) is 0 Å². The van der Waals surface area contributed by atoms with Gasteiger partial charge in [-0.1, -0.05) is 47.0 Å². The van der Waals surface area contributed by atoms with Crippen molar-refractivity contribution in [1.82, 2.24) is 10.2 Å². The summed E-state index contributed by atoms with van der Waals surface area (Å²) in [6.45, 7) is 13.8. The van der Waals surface area contributed by atoms with E-state index in [0.717, 1.165) is 56.5 Å². The van der Waals surface area contributed by atoms with Gasteiger partial charge in [0.25, 0.3) is 0 Å². The number of amides is 2. The van der Waals surface area contributed by atoms with E-state index in [0.29, 0.717) is 72.6 Å². The van der Waals surface area contributed by atoms with Gasteiger partial charge in [-0.2, -0.15) is 0 Å². The number of ether oxygens (including phenoxy) is 3.